The summed E-state index contributed by atoms with van der Waals surface area (Å²) in [6, 6.07) is 12.2. The molecular weight excluding hydrogens is 294 g/mol. The topological polar surface area (TPSA) is 51.0 Å². The number of nitrogens with zero attached hydrogens (tertiary/aromatic N) is 2. The fraction of sp³-hybridized carbons (Fsp3) is 0.0588. The fourth-order valence-corrected chi connectivity index (χ4v) is 3.39. The molecule has 0 spiro atoms. The number of furan rings is 1. The van der Waals surface area contributed by atoms with Gasteiger partial charge in [-0.2, -0.15) is 0 Å². The molecule has 0 unspecified atom stereocenters. The lowest BCUT2D eigenvalue weighted by Crippen LogP contribution is -1.94. The number of rotatable bonds is 3. The van der Waals surface area contributed by atoms with Gasteiger partial charge in [0.05, 0.1) is 22.7 Å². The first kappa shape index (κ1) is 13.0. The first-order chi connectivity index (χ1) is 10.8. The highest BCUT2D eigenvalue weighted by molar-refractivity contribution is 7.22. The largest absolute Gasteiger partial charge is 0.472 e. The van der Waals surface area contributed by atoms with E-state index in [2.05, 4.69) is 40.4 Å². The summed E-state index contributed by atoms with van der Waals surface area (Å²) in [5.41, 5.74) is 4.23. The quantitative estimate of drug-likeness (QED) is 0.578. The smallest absolute Gasteiger partial charge is 0.151 e. The molecule has 0 amide bonds. The highest BCUT2D eigenvalue weighted by Crippen LogP contribution is 2.36. The summed E-state index contributed by atoms with van der Waals surface area (Å²) in [4.78, 5) is 9.87. The molecule has 1 N–H and O–H groups in total. The third kappa shape index (κ3) is 2.35. The third-order valence-corrected chi connectivity index (χ3v) is 4.58. The van der Waals surface area contributed by atoms with Gasteiger partial charge in [-0.05, 0) is 36.8 Å². The summed E-state index contributed by atoms with van der Waals surface area (Å²) < 4.78 is 6.20. The van der Waals surface area contributed by atoms with E-state index in [-0.39, 0.29) is 0 Å². The summed E-state index contributed by atoms with van der Waals surface area (Å²) in [6.07, 6.45) is 5.01. The predicted molar refractivity (Wildman–Crippen MR) is 89.6 cm³/mol. The van der Waals surface area contributed by atoms with Crippen LogP contribution in [0.1, 0.15) is 5.56 Å². The molecule has 0 fully saturated rings. The Morgan fingerprint density at radius 1 is 1.14 bits per heavy atom. The maximum Gasteiger partial charge on any atom is 0.151 e. The van der Waals surface area contributed by atoms with E-state index in [1.807, 2.05) is 18.2 Å². The molecule has 0 aliphatic rings. The van der Waals surface area contributed by atoms with E-state index in [0.717, 1.165) is 32.2 Å². The Morgan fingerprint density at radius 2 is 2.09 bits per heavy atom. The van der Waals surface area contributed by atoms with Crippen LogP contribution >= 0.6 is 11.3 Å². The Morgan fingerprint density at radius 3 is 2.91 bits per heavy atom. The number of aromatic nitrogens is 2. The van der Waals surface area contributed by atoms with Gasteiger partial charge in [0.1, 0.15) is 6.33 Å². The average Bonchev–Trinajstić information content (AvgIpc) is 3.17. The van der Waals surface area contributed by atoms with Gasteiger partial charge in [-0.1, -0.05) is 12.1 Å². The number of aryl methyl sites for hydroxylation is 1. The van der Waals surface area contributed by atoms with Gasteiger partial charge in [0, 0.05) is 16.1 Å². The number of hydrogen-bond acceptors (Lipinski definition) is 5. The number of thiophene rings is 1. The van der Waals surface area contributed by atoms with E-state index in [1.54, 1.807) is 30.2 Å². The molecule has 3 aromatic heterocycles. The fourth-order valence-electron chi connectivity index (χ4n) is 2.35. The van der Waals surface area contributed by atoms with Crippen molar-refractivity contribution in [2.24, 2.45) is 0 Å². The van der Waals surface area contributed by atoms with Crippen molar-refractivity contribution in [1.29, 1.82) is 0 Å². The minimum absolute atomic E-state index is 0.829. The van der Waals surface area contributed by atoms with Gasteiger partial charge in [-0.15, -0.1) is 11.3 Å². The summed E-state index contributed by atoms with van der Waals surface area (Å²) in [5.74, 6) is 0.829. The second kappa shape index (κ2) is 5.27. The van der Waals surface area contributed by atoms with Crippen LogP contribution in [0.15, 0.2) is 59.7 Å². The predicted octanol–water partition coefficient (Wildman–Crippen LogP) is 5.00. The number of fused-ring (bicyclic) bond motifs is 1. The van der Waals surface area contributed by atoms with E-state index >= 15 is 0 Å². The Labute approximate surface area is 131 Å². The molecule has 5 heteroatoms. The number of anilines is 2. The molecular formula is C17H13N3OS. The average molecular weight is 307 g/mol. The third-order valence-electron chi connectivity index (χ3n) is 3.40. The van der Waals surface area contributed by atoms with Crippen molar-refractivity contribution in [2.75, 3.05) is 5.32 Å². The van der Waals surface area contributed by atoms with Gasteiger partial charge in [0.2, 0.25) is 0 Å². The van der Waals surface area contributed by atoms with Crippen LogP contribution in [0.3, 0.4) is 0 Å². The van der Waals surface area contributed by atoms with E-state index in [9.17, 15) is 0 Å². The zero-order valence-corrected chi connectivity index (χ0v) is 12.7. The van der Waals surface area contributed by atoms with Gasteiger partial charge in [-0.25, -0.2) is 9.97 Å². The standard InChI is InChI=1S/C17H13N3OS/c1-11-3-2-4-13(7-11)20-17-16-14(18-10-19-17)8-15(22-16)12-5-6-21-9-12/h2-10H,1H3,(H,18,19,20). The maximum atomic E-state index is 5.16. The lowest BCUT2D eigenvalue weighted by Gasteiger charge is -2.06. The summed E-state index contributed by atoms with van der Waals surface area (Å²) in [6.45, 7) is 2.07. The van der Waals surface area contributed by atoms with Gasteiger partial charge < -0.3 is 9.73 Å². The van der Waals surface area contributed by atoms with E-state index < -0.39 is 0 Å². The van der Waals surface area contributed by atoms with Crippen molar-refractivity contribution in [3.05, 3.63) is 60.8 Å². The van der Waals surface area contributed by atoms with Crippen LogP contribution in [-0.2, 0) is 0 Å². The summed E-state index contributed by atoms with van der Waals surface area (Å²) >= 11 is 1.66. The number of nitrogens with one attached hydrogen (secondary N) is 1. The molecule has 0 saturated carbocycles. The molecule has 1 aromatic carbocycles. The second-order valence-corrected chi connectivity index (χ2v) is 6.11. The highest BCUT2D eigenvalue weighted by atomic mass is 32.1. The monoisotopic (exact) mass is 307 g/mol. The second-order valence-electron chi connectivity index (χ2n) is 5.05. The van der Waals surface area contributed by atoms with Crippen molar-refractivity contribution < 1.29 is 4.42 Å². The molecule has 108 valence electrons. The summed E-state index contributed by atoms with van der Waals surface area (Å²) in [5, 5.41) is 3.38. The van der Waals surface area contributed by atoms with Gasteiger partial charge >= 0.3 is 0 Å². The van der Waals surface area contributed by atoms with Crippen molar-refractivity contribution in [1.82, 2.24) is 9.97 Å². The Hall–Kier alpha value is -2.66. The number of hydrogen-bond donors (Lipinski definition) is 1. The molecule has 4 aromatic rings. The Kier molecular flexibility index (Phi) is 3.12. The zero-order valence-electron chi connectivity index (χ0n) is 11.9. The van der Waals surface area contributed by atoms with Crippen LogP contribution in [0.5, 0.6) is 0 Å². The lowest BCUT2D eigenvalue weighted by molar-refractivity contribution is 0.568. The molecule has 0 saturated heterocycles. The van der Waals surface area contributed by atoms with Gasteiger partial charge in [-0.3, -0.25) is 0 Å². The summed E-state index contributed by atoms with van der Waals surface area (Å²) in [7, 11) is 0. The molecule has 0 aliphatic carbocycles. The molecule has 0 atom stereocenters. The molecule has 0 radical (unpaired) electrons. The minimum Gasteiger partial charge on any atom is -0.472 e. The van der Waals surface area contributed by atoms with Crippen LogP contribution in [-0.4, -0.2) is 9.97 Å². The van der Waals surface area contributed by atoms with Crippen molar-refractivity contribution in [3.8, 4) is 10.4 Å². The van der Waals surface area contributed by atoms with E-state index in [1.165, 1.54) is 5.56 Å². The van der Waals surface area contributed by atoms with Crippen LogP contribution in [0.25, 0.3) is 20.7 Å². The first-order valence-electron chi connectivity index (χ1n) is 6.90. The van der Waals surface area contributed by atoms with Crippen molar-refractivity contribution >= 4 is 33.1 Å². The maximum absolute atomic E-state index is 5.16. The van der Waals surface area contributed by atoms with E-state index in [4.69, 9.17) is 4.42 Å². The highest BCUT2D eigenvalue weighted by Gasteiger charge is 2.11. The van der Waals surface area contributed by atoms with Gasteiger partial charge in [0.15, 0.2) is 5.82 Å². The van der Waals surface area contributed by atoms with Gasteiger partial charge in [0.25, 0.3) is 0 Å². The molecule has 0 aliphatic heterocycles. The molecule has 4 nitrogen and oxygen atoms in total. The molecule has 3 heterocycles. The Balaban J connectivity index is 1.78. The van der Waals surface area contributed by atoms with Crippen LogP contribution in [0.4, 0.5) is 11.5 Å². The van der Waals surface area contributed by atoms with Crippen molar-refractivity contribution in [2.45, 2.75) is 6.92 Å². The first-order valence-corrected chi connectivity index (χ1v) is 7.72. The van der Waals surface area contributed by atoms with Crippen LogP contribution in [0, 0.1) is 6.92 Å². The van der Waals surface area contributed by atoms with Crippen LogP contribution in [0.2, 0.25) is 0 Å². The van der Waals surface area contributed by atoms with Crippen molar-refractivity contribution in [3.63, 3.8) is 0 Å². The zero-order chi connectivity index (χ0) is 14.9. The minimum atomic E-state index is 0.829. The SMILES string of the molecule is Cc1cccc(Nc2ncnc3cc(-c4ccoc4)sc23)c1. The molecule has 0 bridgehead atoms. The Bertz CT molecular complexity index is 928. The molecule has 22 heavy (non-hydrogen) atoms. The van der Waals surface area contributed by atoms with Crippen LogP contribution < -0.4 is 5.32 Å². The lowest BCUT2D eigenvalue weighted by atomic mass is 10.2. The molecule has 4 rings (SSSR count). The van der Waals surface area contributed by atoms with E-state index in [0.29, 0.717) is 0 Å². The number of benzene rings is 1. The normalized spacial score (nSPS) is 11.0.